The molecule has 0 aliphatic heterocycles. The molecule has 3 N–H and O–H groups in total. The molecule has 1 aromatic carbocycles. The van der Waals surface area contributed by atoms with Crippen LogP contribution in [0.4, 0.5) is 4.39 Å². The van der Waals surface area contributed by atoms with E-state index in [1.807, 2.05) is 13.8 Å². The Morgan fingerprint density at radius 1 is 1.56 bits per heavy atom. The molecule has 16 heavy (non-hydrogen) atoms. The number of hydrogen-bond donors (Lipinski definition) is 2. The minimum atomic E-state index is -0.366. The summed E-state index contributed by atoms with van der Waals surface area (Å²) in [5.41, 5.74) is 6.93. The monoisotopic (exact) mass is 224 g/mol. The van der Waals surface area contributed by atoms with Crippen LogP contribution in [0.2, 0.25) is 0 Å². The Morgan fingerprint density at radius 2 is 2.25 bits per heavy atom. The van der Waals surface area contributed by atoms with Crippen molar-refractivity contribution in [1.29, 1.82) is 0 Å². The van der Waals surface area contributed by atoms with Crippen LogP contribution < -0.4 is 11.1 Å². The Bertz CT molecular complexity index is 379. The van der Waals surface area contributed by atoms with E-state index < -0.39 is 0 Å². The average Bonchev–Trinajstić information content (AvgIpc) is 2.16. The number of carbonyl (C=O) groups is 1. The molecular weight excluding hydrogens is 207 g/mol. The fraction of sp³-hybridized carbons (Fsp3) is 0.417. The van der Waals surface area contributed by atoms with Crippen molar-refractivity contribution >= 4 is 5.91 Å². The van der Waals surface area contributed by atoms with Gasteiger partial charge in [0.25, 0.3) is 0 Å². The molecule has 0 aliphatic carbocycles. The predicted octanol–water partition coefficient (Wildman–Crippen LogP) is 1.66. The highest BCUT2D eigenvalue weighted by Crippen LogP contribution is 2.21. The van der Waals surface area contributed by atoms with E-state index >= 15 is 0 Å². The molecule has 1 amide bonds. The maximum absolute atomic E-state index is 12.9. The second-order valence-electron chi connectivity index (χ2n) is 3.78. The second-order valence-corrected chi connectivity index (χ2v) is 3.78. The van der Waals surface area contributed by atoms with Gasteiger partial charge in [0.2, 0.25) is 5.91 Å². The van der Waals surface area contributed by atoms with Gasteiger partial charge in [0.05, 0.1) is 0 Å². The molecule has 0 aliphatic rings. The number of hydrogen-bond acceptors (Lipinski definition) is 2. The van der Waals surface area contributed by atoms with Crippen molar-refractivity contribution < 1.29 is 9.18 Å². The number of nitrogens with two attached hydrogens (primary N) is 1. The van der Waals surface area contributed by atoms with Gasteiger partial charge in [-0.05, 0) is 36.7 Å². The summed E-state index contributed by atoms with van der Waals surface area (Å²) in [5, 5.41) is 3.17. The zero-order valence-corrected chi connectivity index (χ0v) is 9.59. The third-order valence-corrected chi connectivity index (χ3v) is 2.46. The summed E-state index contributed by atoms with van der Waals surface area (Å²) in [6.07, 6.45) is 0.223. The lowest BCUT2D eigenvalue weighted by molar-refractivity contribution is -0.118. The minimum absolute atomic E-state index is 0.136. The van der Waals surface area contributed by atoms with E-state index in [1.54, 1.807) is 6.07 Å². The fourth-order valence-corrected chi connectivity index (χ4v) is 1.77. The summed E-state index contributed by atoms with van der Waals surface area (Å²) < 4.78 is 12.9. The largest absolute Gasteiger partial charge is 0.370 e. The summed E-state index contributed by atoms with van der Waals surface area (Å²) in [6.45, 7) is 4.51. The van der Waals surface area contributed by atoms with Crippen molar-refractivity contribution in [3.8, 4) is 0 Å². The van der Waals surface area contributed by atoms with E-state index in [4.69, 9.17) is 5.73 Å². The molecule has 88 valence electrons. The Morgan fingerprint density at radius 3 is 2.75 bits per heavy atom. The molecule has 0 saturated heterocycles. The number of carbonyl (C=O) groups excluding carboxylic acids is 1. The lowest BCUT2D eigenvalue weighted by Crippen LogP contribution is -2.27. The average molecular weight is 224 g/mol. The number of rotatable bonds is 5. The van der Waals surface area contributed by atoms with Crippen molar-refractivity contribution in [3.63, 3.8) is 0 Å². The van der Waals surface area contributed by atoms with Gasteiger partial charge < -0.3 is 11.1 Å². The maximum Gasteiger partial charge on any atom is 0.219 e. The number of halogens is 1. The molecule has 0 heterocycles. The van der Waals surface area contributed by atoms with Crippen LogP contribution in [-0.2, 0) is 4.79 Å². The van der Waals surface area contributed by atoms with Crippen LogP contribution in [0.5, 0.6) is 0 Å². The van der Waals surface area contributed by atoms with E-state index in [9.17, 15) is 9.18 Å². The van der Waals surface area contributed by atoms with Crippen molar-refractivity contribution in [1.82, 2.24) is 5.32 Å². The molecule has 3 nitrogen and oxygen atoms in total. The van der Waals surface area contributed by atoms with Crippen molar-refractivity contribution in [2.45, 2.75) is 26.3 Å². The van der Waals surface area contributed by atoms with E-state index in [1.165, 1.54) is 12.1 Å². The second kappa shape index (κ2) is 5.61. The van der Waals surface area contributed by atoms with Crippen LogP contribution in [0.3, 0.4) is 0 Å². The van der Waals surface area contributed by atoms with E-state index in [2.05, 4.69) is 5.32 Å². The quantitative estimate of drug-likeness (QED) is 0.799. The molecule has 0 radical (unpaired) electrons. The number of amides is 1. The van der Waals surface area contributed by atoms with Gasteiger partial charge in [-0.3, -0.25) is 4.79 Å². The number of nitrogens with one attached hydrogen (secondary N) is 1. The van der Waals surface area contributed by atoms with Crippen molar-refractivity contribution in [2.24, 2.45) is 5.73 Å². The van der Waals surface area contributed by atoms with E-state index in [-0.39, 0.29) is 24.2 Å². The molecule has 1 rings (SSSR count). The first-order valence-electron chi connectivity index (χ1n) is 5.32. The maximum atomic E-state index is 12.9. The number of aryl methyl sites for hydroxylation is 1. The lowest BCUT2D eigenvalue weighted by Gasteiger charge is -2.18. The van der Waals surface area contributed by atoms with Gasteiger partial charge in [0.1, 0.15) is 5.82 Å². The molecule has 1 atom stereocenters. The van der Waals surface area contributed by atoms with Gasteiger partial charge in [0.15, 0.2) is 0 Å². The zero-order chi connectivity index (χ0) is 12.1. The smallest absolute Gasteiger partial charge is 0.219 e. The van der Waals surface area contributed by atoms with Gasteiger partial charge in [0, 0.05) is 12.5 Å². The van der Waals surface area contributed by atoms with Gasteiger partial charge >= 0.3 is 0 Å². The van der Waals surface area contributed by atoms with Gasteiger partial charge in [-0.1, -0.05) is 13.0 Å². The molecule has 4 heteroatoms. The summed E-state index contributed by atoms with van der Waals surface area (Å²) in [4.78, 5) is 10.9. The Labute approximate surface area is 94.8 Å². The standard InChI is InChI=1S/C12H17FN2O/c1-3-15-11(7-12(14)16)10-5-4-9(13)6-8(10)2/h4-6,11,15H,3,7H2,1-2H3,(H2,14,16). The van der Waals surface area contributed by atoms with Gasteiger partial charge in [-0.15, -0.1) is 0 Å². The van der Waals surface area contributed by atoms with Crippen molar-refractivity contribution in [2.75, 3.05) is 6.54 Å². The SMILES string of the molecule is CCNC(CC(N)=O)c1ccc(F)cc1C. The van der Waals surface area contributed by atoms with Crippen LogP contribution in [-0.4, -0.2) is 12.5 Å². The van der Waals surface area contributed by atoms with E-state index in [0.29, 0.717) is 0 Å². The Kier molecular flexibility index (Phi) is 4.43. The molecule has 0 bridgehead atoms. The van der Waals surface area contributed by atoms with Gasteiger partial charge in [-0.25, -0.2) is 4.39 Å². The highest BCUT2D eigenvalue weighted by molar-refractivity contribution is 5.74. The highest BCUT2D eigenvalue weighted by Gasteiger charge is 2.15. The van der Waals surface area contributed by atoms with Crippen LogP contribution in [0, 0.1) is 12.7 Å². The first-order valence-corrected chi connectivity index (χ1v) is 5.32. The Balaban J connectivity index is 2.95. The Hall–Kier alpha value is -1.42. The topological polar surface area (TPSA) is 55.1 Å². The molecule has 1 unspecified atom stereocenters. The summed E-state index contributed by atoms with van der Waals surface area (Å²) in [5.74, 6) is -0.634. The normalized spacial score (nSPS) is 12.4. The van der Waals surface area contributed by atoms with Crippen LogP contribution >= 0.6 is 0 Å². The third-order valence-electron chi connectivity index (χ3n) is 2.46. The molecule has 1 aromatic rings. The van der Waals surface area contributed by atoms with Crippen LogP contribution in [0.1, 0.15) is 30.5 Å². The van der Waals surface area contributed by atoms with Crippen LogP contribution in [0.25, 0.3) is 0 Å². The molecule has 0 aromatic heterocycles. The molecule has 0 fully saturated rings. The first-order chi connectivity index (χ1) is 7.54. The molecular formula is C12H17FN2O. The van der Waals surface area contributed by atoms with Crippen LogP contribution in [0.15, 0.2) is 18.2 Å². The summed E-state index contributed by atoms with van der Waals surface area (Å²) in [7, 11) is 0. The summed E-state index contributed by atoms with van der Waals surface area (Å²) >= 11 is 0. The lowest BCUT2D eigenvalue weighted by atomic mass is 9.98. The number of benzene rings is 1. The summed E-state index contributed by atoms with van der Waals surface area (Å²) in [6, 6.07) is 4.41. The zero-order valence-electron chi connectivity index (χ0n) is 9.59. The van der Waals surface area contributed by atoms with Crippen molar-refractivity contribution in [3.05, 3.63) is 35.1 Å². The molecule has 0 spiro atoms. The number of primary amides is 1. The van der Waals surface area contributed by atoms with Gasteiger partial charge in [-0.2, -0.15) is 0 Å². The fourth-order valence-electron chi connectivity index (χ4n) is 1.77. The third kappa shape index (κ3) is 3.31. The van der Waals surface area contributed by atoms with E-state index in [0.717, 1.165) is 17.7 Å². The predicted molar refractivity (Wildman–Crippen MR) is 61.4 cm³/mol. The highest BCUT2D eigenvalue weighted by atomic mass is 19.1. The first kappa shape index (κ1) is 12.6. The minimum Gasteiger partial charge on any atom is -0.370 e. The molecule has 0 saturated carbocycles.